The van der Waals surface area contributed by atoms with E-state index in [0.717, 1.165) is 29.0 Å². The first kappa shape index (κ1) is 22.9. The van der Waals surface area contributed by atoms with Crippen LogP contribution in [0.25, 0.3) is 5.69 Å². The molecule has 5 nitrogen and oxygen atoms in total. The molecule has 0 saturated carbocycles. The monoisotopic (exact) mass is 440 g/mol. The number of nitrogens with zero attached hydrogens (tertiary/aromatic N) is 2. The summed E-state index contributed by atoms with van der Waals surface area (Å²) in [6.07, 6.45) is 4.69. The lowest BCUT2D eigenvalue weighted by molar-refractivity contribution is 0.196. The van der Waals surface area contributed by atoms with Gasteiger partial charge in [0.05, 0.1) is 13.2 Å². The van der Waals surface area contributed by atoms with Gasteiger partial charge in [-0.15, -0.1) is 0 Å². The zero-order valence-electron chi connectivity index (χ0n) is 18.5. The molecule has 1 aromatic heterocycles. The smallest absolute Gasteiger partial charge is 0.317 e. The van der Waals surface area contributed by atoms with Crippen LogP contribution in [0.2, 0.25) is 5.02 Å². The molecule has 0 aliphatic carbocycles. The summed E-state index contributed by atoms with van der Waals surface area (Å²) < 4.78 is 13.2. The van der Waals surface area contributed by atoms with Gasteiger partial charge in [-0.1, -0.05) is 51.4 Å². The maximum Gasteiger partial charge on any atom is 0.317 e. The number of benzene rings is 2. The first-order valence-electron chi connectivity index (χ1n) is 10.5. The fourth-order valence-corrected chi connectivity index (χ4v) is 3.17. The second-order valence-electron chi connectivity index (χ2n) is 8.63. The normalized spacial score (nSPS) is 11.4. The number of aromatic nitrogens is 2. The van der Waals surface area contributed by atoms with Crippen molar-refractivity contribution in [2.45, 2.75) is 40.5 Å². The molecule has 0 fully saturated rings. The number of ether oxygens (including phenoxy) is 2. The molecular formula is C25H29ClN2O3. The van der Waals surface area contributed by atoms with Gasteiger partial charge in [0.25, 0.3) is 5.88 Å². The Hall–Kier alpha value is -2.79. The SMILES string of the molecule is CCc1cc(-n2ccnc(OCCc3ccc(Cl)cc3)c2=O)ccc1OCC(C)(C)C. The van der Waals surface area contributed by atoms with Crippen LogP contribution in [0.3, 0.4) is 0 Å². The van der Waals surface area contributed by atoms with E-state index in [1.54, 1.807) is 17.0 Å². The second kappa shape index (κ2) is 10.0. The Morgan fingerprint density at radius 2 is 1.81 bits per heavy atom. The van der Waals surface area contributed by atoms with Gasteiger partial charge in [-0.05, 0) is 53.3 Å². The minimum Gasteiger partial charge on any atom is -0.493 e. The van der Waals surface area contributed by atoms with Gasteiger partial charge in [0.1, 0.15) is 5.75 Å². The highest BCUT2D eigenvalue weighted by molar-refractivity contribution is 6.30. The molecule has 6 heteroatoms. The lowest BCUT2D eigenvalue weighted by Crippen LogP contribution is -2.22. The fourth-order valence-electron chi connectivity index (χ4n) is 3.04. The molecule has 0 bridgehead atoms. The van der Waals surface area contributed by atoms with Gasteiger partial charge >= 0.3 is 5.56 Å². The van der Waals surface area contributed by atoms with Gasteiger partial charge < -0.3 is 9.47 Å². The molecule has 3 rings (SSSR count). The molecule has 0 amide bonds. The summed E-state index contributed by atoms with van der Waals surface area (Å²) in [5.41, 5.74) is 2.68. The molecule has 2 aromatic carbocycles. The van der Waals surface area contributed by atoms with Crippen LogP contribution >= 0.6 is 11.6 Å². The number of aryl methyl sites for hydroxylation is 1. The van der Waals surface area contributed by atoms with Crippen molar-refractivity contribution in [1.29, 1.82) is 0 Å². The molecule has 0 unspecified atom stereocenters. The van der Waals surface area contributed by atoms with Gasteiger partial charge in [-0.3, -0.25) is 9.36 Å². The van der Waals surface area contributed by atoms with E-state index in [2.05, 4.69) is 32.7 Å². The Kier molecular flexibility index (Phi) is 7.39. The largest absolute Gasteiger partial charge is 0.493 e. The molecule has 0 aliphatic rings. The minimum atomic E-state index is -0.288. The molecule has 0 radical (unpaired) electrons. The van der Waals surface area contributed by atoms with Crippen molar-refractivity contribution in [1.82, 2.24) is 9.55 Å². The summed E-state index contributed by atoms with van der Waals surface area (Å²) in [6.45, 7) is 9.46. The van der Waals surface area contributed by atoms with Crippen LogP contribution < -0.4 is 15.0 Å². The van der Waals surface area contributed by atoms with Crippen molar-refractivity contribution in [2.24, 2.45) is 5.41 Å². The molecule has 31 heavy (non-hydrogen) atoms. The molecule has 0 aliphatic heterocycles. The van der Waals surface area contributed by atoms with Gasteiger partial charge in [0.2, 0.25) is 0 Å². The zero-order valence-corrected chi connectivity index (χ0v) is 19.3. The topological polar surface area (TPSA) is 53.4 Å². The highest BCUT2D eigenvalue weighted by Gasteiger charge is 2.14. The van der Waals surface area contributed by atoms with Crippen molar-refractivity contribution >= 4 is 11.6 Å². The maximum absolute atomic E-state index is 12.9. The molecule has 0 saturated heterocycles. The first-order valence-corrected chi connectivity index (χ1v) is 10.9. The van der Waals surface area contributed by atoms with E-state index in [4.69, 9.17) is 21.1 Å². The summed E-state index contributed by atoms with van der Waals surface area (Å²) >= 11 is 5.91. The van der Waals surface area contributed by atoms with Crippen LogP contribution in [-0.2, 0) is 12.8 Å². The van der Waals surface area contributed by atoms with E-state index in [1.165, 1.54) is 0 Å². The Bertz CT molecular complexity index is 1070. The number of halogens is 1. The lowest BCUT2D eigenvalue weighted by Gasteiger charge is -2.20. The molecule has 164 valence electrons. The van der Waals surface area contributed by atoms with Crippen LogP contribution in [0.15, 0.2) is 59.7 Å². The second-order valence-corrected chi connectivity index (χ2v) is 9.06. The maximum atomic E-state index is 12.9. The molecule has 0 spiro atoms. The Morgan fingerprint density at radius 3 is 2.48 bits per heavy atom. The Balaban J connectivity index is 1.75. The Labute approximate surface area is 188 Å². The summed E-state index contributed by atoms with van der Waals surface area (Å²) in [6, 6.07) is 13.4. The highest BCUT2D eigenvalue weighted by atomic mass is 35.5. The molecular weight excluding hydrogens is 412 g/mol. The Morgan fingerprint density at radius 1 is 1.06 bits per heavy atom. The summed E-state index contributed by atoms with van der Waals surface area (Å²) in [5.74, 6) is 0.935. The van der Waals surface area contributed by atoms with E-state index >= 15 is 0 Å². The summed E-state index contributed by atoms with van der Waals surface area (Å²) in [5, 5.41) is 0.693. The summed E-state index contributed by atoms with van der Waals surface area (Å²) in [7, 11) is 0. The molecule has 3 aromatic rings. The van der Waals surface area contributed by atoms with E-state index in [1.807, 2.05) is 42.5 Å². The predicted octanol–water partition coefficient (Wildman–Crippen LogP) is 5.49. The quantitative estimate of drug-likeness (QED) is 0.464. The first-order chi connectivity index (χ1) is 14.8. The lowest BCUT2D eigenvalue weighted by atomic mass is 9.98. The van der Waals surface area contributed by atoms with Crippen molar-refractivity contribution in [2.75, 3.05) is 13.2 Å². The van der Waals surface area contributed by atoms with Crippen molar-refractivity contribution in [3.63, 3.8) is 0 Å². The van der Waals surface area contributed by atoms with E-state index in [9.17, 15) is 4.79 Å². The van der Waals surface area contributed by atoms with Crippen LogP contribution in [0, 0.1) is 5.41 Å². The van der Waals surface area contributed by atoms with E-state index in [-0.39, 0.29) is 16.9 Å². The van der Waals surface area contributed by atoms with Crippen molar-refractivity contribution in [3.8, 4) is 17.3 Å². The average molecular weight is 441 g/mol. The third kappa shape index (κ3) is 6.34. The third-order valence-corrected chi connectivity index (χ3v) is 4.97. The number of rotatable bonds is 8. The van der Waals surface area contributed by atoms with Crippen LogP contribution in [-0.4, -0.2) is 22.8 Å². The number of hydrogen-bond acceptors (Lipinski definition) is 4. The highest BCUT2D eigenvalue weighted by Crippen LogP contribution is 2.25. The molecule has 0 N–H and O–H groups in total. The predicted molar refractivity (Wildman–Crippen MR) is 125 cm³/mol. The minimum absolute atomic E-state index is 0.0734. The van der Waals surface area contributed by atoms with Crippen molar-refractivity contribution < 1.29 is 9.47 Å². The average Bonchev–Trinajstić information content (AvgIpc) is 2.74. The van der Waals surface area contributed by atoms with Gasteiger partial charge in [-0.2, -0.15) is 0 Å². The molecule has 1 heterocycles. The van der Waals surface area contributed by atoms with Crippen LogP contribution in [0.4, 0.5) is 0 Å². The fraction of sp³-hybridized carbons (Fsp3) is 0.360. The molecule has 0 atom stereocenters. The summed E-state index contributed by atoms with van der Waals surface area (Å²) in [4.78, 5) is 17.0. The van der Waals surface area contributed by atoms with E-state index in [0.29, 0.717) is 24.7 Å². The standard InChI is InChI=1S/C25H29ClN2O3/c1-5-19-16-21(10-11-22(19)31-17-25(2,3)4)28-14-13-27-23(24(28)29)30-15-12-18-6-8-20(26)9-7-18/h6-11,13-14,16H,5,12,15,17H2,1-4H3. The van der Waals surface area contributed by atoms with E-state index < -0.39 is 0 Å². The number of hydrogen-bond donors (Lipinski definition) is 0. The van der Waals surface area contributed by atoms with Crippen LogP contribution in [0.5, 0.6) is 11.6 Å². The zero-order chi connectivity index (χ0) is 22.4. The third-order valence-electron chi connectivity index (χ3n) is 4.72. The van der Waals surface area contributed by atoms with Gasteiger partial charge in [0.15, 0.2) is 0 Å². The van der Waals surface area contributed by atoms with Gasteiger partial charge in [-0.25, -0.2) is 4.98 Å². The van der Waals surface area contributed by atoms with Gasteiger partial charge in [0, 0.05) is 29.5 Å². The van der Waals surface area contributed by atoms with Crippen molar-refractivity contribution in [3.05, 3.63) is 81.4 Å². The van der Waals surface area contributed by atoms with Crippen LogP contribution in [0.1, 0.15) is 38.8 Å².